The van der Waals surface area contributed by atoms with Crippen LogP contribution in [0.3, 0.4) is 0 Å². The summed E-state index contributed by atoms with van der Waals surface area (Å²) < 4.78 is 0. The lowest BCUT2D eigenvalue weighted by Gasteiger charge is -2.09. The van der Waals surface area contributed by atoms with Gasteiger partial charge in [0, 0.05) is 26.1 Å². The molecule has 2 unspecified atom stereocenters. The summed E-state index contributed by atoms with van der Waals surface area (Å²) in [5.41, 5.74) is 0. The van der Waals surface area contributed by atoms with Crippen molar-refractivity contribution in [2.75, 3.05) is 26.2 Å². The van der Waals surface area contributed by atoms with Crippen molar-refractivity contribution in [2.24, 2.45) is 10.9 Å². The Bertz CT molecular complexity index is 360. The highest BCUT2D eigenvalue weighted by atomic mass is 16.1. The number of nitrogens with zero attached hydrogens (tertiary/aromatic N) is 2. The van der Waals surface area contributed by atoms with Gasteiger partial charge in [-0.25, -0.2) is 0 Å². The van der Waals surface area contributed by atoms with Crippen molar-refractivity contribution in [3.05, 3.63) is 0 Å². The predicted octanol–water partition coefficient (Wildman–Crippen LogP) is 0.453. The van der Waals surface area contributed by atoms with Crippen LogP contribution in [0.15, 0.2) is 4.99 Å². The summed E-state index contributed by atoms with van der Waals surface area (Å²) in [6.45, 7) is 8.67. The fraction of sp³-hybridized carbons (Fsp3) is 0.800. The number of aliphatic imine (C=N–C) groups is 1. The highest BCUT2D eigenvalue weighted by Gasteiger charge is 2.23. The van der Waals surface area contributed by atoms with Gasteiger partial charge in [-0.1, -0.05) is 0 Å². The number of carbonyl (C=O) groups excluding carboxylic acids is 1. The van der Waals surface area contributed by atoms with E-state index in [9.17, 15) is 4.79 Å². The van der Waals surface area contributed by atoms with E-state index in [0.29, 0.717) is 12.0 Å². The van der Waals surface area contributed by atoms with Gasteiger partial charge >= 0.3 is 0 Å². The molecule has 0 spiro atoms. The molecule has 2 fully saturated rings. The minimum absolute atomic E-state index is 0.0567. The van der Waals surface area contributed by atoms with E-state index < -0.39 is 0 Å². The first-order valence-electron chi connectivity index (χ1n) is 7.69. The van der Waals surface area contributed by atoms with E-state index in [2.05, 4.69) is 33.7 Å². The van der Waals surface area contributed by atoms with Gasteiger partial charge in [-0.3, -0.25) is 4.79 Å². The zero-order chi connectivity index (χ0) is 15.5. The minimum Gasteiger partial charge on any atom is -0.356 e. The monoisotopic (exact) mass is 293 g/mol. The molecule has 1 amide bonds. The van der Waals surface area contributed by atoms with Crippen LogP contribution in [0.2, 0.25) is 0 Å². The van der Waals surface area contributed by atoms with Gasteiger partial charge < -0.3 is 20.9 Å². The molecule has 21 heavy (non-hydrogen) atoms. The summed E-state index contributed by atoms with van der Waals surface area (Å²) >= 11 is 0. The average Bonchev–Trinajstić information content (AvgIpc) is 3.15. The quantitative estimate of drug-likeness (QED) is 0.642. The average molecular weight is 293 g/mol. The van der Waals surface area contributed by atoms with E-state index in [1.54, 1.807) is 6.92 Å². The molecule has 0 aromatic carbocycles. The minimum atomic E-state index is 0.0567. The van der Waals surface area contributed by atoms with Crippen molar-refractivity contribution < 1.29 is 4.79 Å². The van der Waals surface area contributed by atoms with Gasteiger partial charge in [-0.2, -0.15) is 5.26 Å². The molecule has 0 aromatic heterocycles. The molecule has 0 saturated carbocycles. The number of amides is 1. The number of carbonyl (C=O) groups is 1. The van der Waals surface area contributed by atoms with Crippen molar-refractivity contribution in [1.29, 1.82) is 5.26 Å². The second kappa shape index (κ2) is 10.3. The van der Waals surface area contributed by atoms with Crippen LogP contribution in [0, 0.1) is 17.2 Å². The van der Waals surface area contributed by atoms with Crippen LogP contribution in [0.4, 0.5) is 0 Å². The van der Waals surface area contributed by atoms with Crippen molar-refractivity contribution in [2.45, 2.75) is 44.7 Å². The van der Waals surface area contributed by atoms with Crippen molar-refractivity contribution in [3.8, 4) is 6.07 Å². The molecule has 2 rings (SSSR count). The van der Waals surface area contributed by atoms with E-state index in [-0.39, 0.29) is 11.9 Å². The molecule has 0 radical (unpaired) electrons. The Morgan fingerprint density at radius 3 is 2.86 bits per heavy atom. The summed E-state index contributed by atoms with van der Waals surface area (Å²) in [6.07, 6.45) is 4.39. The lowest BCUT2D eigenvalue weighted by Crippen LogP contribution is -2.28. The number of nitriles is 1. The lowest BCUT2D eigenvalue weighted by molar-refractivity contribution is -0.119. The van der Waals surface area contributed by atoms with Crippen LogP contribution < -0.4 is 16.0 Å². The second-order valence-electron chi connectivity index (χ2n) is 5.66. The molecule has 2 saturated heterocycles. The van der Waals surface area contributed by atoms with Crippen LogP contribution in [-0.4, -0.2) is 50.9 Å². The maximum atomic E-state index is 10.7. The van der Waals surface area contributed by atoms with E-state index in [1.807, 2.05) is 0 Å². The highest BCUT2D eigenvalue weighted by Crippen LogP contribution is 2.15. The molecule has 118 valence electrons. The van der Waals surface area contributed by atoms with E-state index in [1.165, 1.54) is 0 Å². The Labute approximate surface area is 127 Å². The fourth-order valence-electron chi connectivity index (χ4n) is 2.61. The molecule has 6 nitrogen and oxygen atoms in total. The zero-order valence-corrected chi connectivity index (χ0v) is 12.9. The van der Waals surface area contributed by atoms with Crippen molar-refractivity contribution in [3.63, 3.8) is 0 Å². The van der Waals surface area contributed by atoms with E-state index >= 15 is 0 Å². The summed E-state index contributed by atoms with van der Waals surface area (Å²) in [5.74, 6) is 0.634. The zero-order valence-electron chi connectivity index (χ0n) is 12.9. The molecule has 0 aliphatic carbocycles. The molecule has 6 heteroatoms. The van der Waals surface area contributed by atoms with E-state index in [0.717, 1.165) is 51.9 Å². The standard InChI is InChI=1S/C10H19N3O.C5H8N2/c1-8(14)12-6-9-5-10(13-7-9)3-4-11-2;6-4-5-2-1-3-7-5/h9-10,13H,2-7H2,1H3,(H,12,14);5,7H,1-3H2/t9-,10?;/m1./s1. The Kier molecular flexibility index (Phi) is 8.63. The summed E-state index contributed by atoms with van der Waals surface area (Å²) in [4.78, 5) is 14.5. The maximum Gasteiger partial charge on any atom is 0.216 e. The third-order valence-electron chi connectivity index (χ3n) is 3.80. The van der Waals surface area contributed by atoms with Gasteiger partial charge in [-0.15, -0.1) is 0 Å². The first-order chi connectivity index (χ1) is 10.2. The lowest BCUT2D eigenvalue weighted by atomic mass is 10.0. The summed E-state index contributed by atoms with van der Waals surface area (Å²) in [6, 6.07) is 2.86. The largest absolute Gasteiger partial charge is 0.356 e. The Morgan fingerprint density at radius 1 is 1.52 bits per heavy atom. The van der Waals surface area contributed by atoms with Crippen LogP contribution in [0.1, 0.15) is 32.6 Å². The first-order valence-corrected chi connectivity index (χ1v) is 7.69. The van der Waals surface area contributed by atoms with Crippen LogP contribution in [0.25, 0.3) is 0 Å². The number of nitrogens with one attached hydrogen (secondary N) is 3. The van der Waals surface area contributed by atoms with Gasteiger partial charge in [0.1, 0.15) is 0 Å². The first kappa shape index (κ1) is 17.6. The molecule has 3 N–H and O–H groups in total. The second-order valence-corrected chi connectivity index (χ2v) is 5.66. The predicted molar refractivity (Wildman–Crippen MR) is 84.3 cm³/mol. The third-order valence-corrected chi connectivity index (χ3v) is 3.80. The highest BCUT2D eigenvalue weighted by molar-refractivity contribution is 5.72. The molecule has 0 bridgehead atoms. The van der Waals surface area contributed by atoms with Gasteiger partial charge in [0.05, 0.1) is 12.1 Å². The number of hydrogen-bond acceptors (Lipinski definition) is 5. The molecule has 0 aromatic rings. The van der Waals surface area contributed by atoms with Gasteiger partial charge in [-0.05, 0) is 51.4 Å². The van der Waals surface area contributed by atoms with Crippen molar-refractivity contribution >= 4 is 12.6 Å². The SMILES string of the molecule is C=NCCC1C[C@H](CNC(C)=O)CN1.N#CC1CCCN1. The maximum absolute atomic E-state index is 10.7. The van der Waals surface area contributed by atoms with Crippen LogP contribution in [-0.2, 0) is 4.79 Å². The molecule has 2 aliphatic rings. The Hall–Kier alpha value is -1.45. The van der Waals surface area contributed by atoms with Crippen molar-refractivity contribution in [1.82, 2.24) is 16.0 Å². The number of rotatable bonds is 5. The molecular formula is C15H27N5O. The van der Waals surface area contributed by atoms with Gasteiger partial charge in [0.2, 0.25) is 5.91 Å². The molecule has 2 heterocycles. The molecule has 3 atom stereocenters. The Morgan fingerprint density at radius 2 is 2.33 bits per heavy atom. The van der Waals surface area contributed by atoms with Crippen LogP contribution >= 0.6 is 0 Å². The summed E-state index contributed by atoms with van der Waals surface area (Å²) in [5, 5.41) is 17.6. The normalized spacial score (nSPS) is 27.3. The van der Waals surface area contributed by atoms with E-state index in [4.69, 9.17) is 5.26 Å². The fourth-order valence-corrected chi connectivity index (χ4v) is 2.61. The smallest absolute Gasteiger partial charge is 0.216 e. The number of hydrogen-bond donors (Lipinski definition) is 3. The Balaban J connectivity index is 0.000000262. The summed E-state index contributed by atoms with van der Waals surface area (Å²) in [7, 11) is 0. The van der Waals surface area contributed by atoms with Gasteiger partial charge in [0.25, 0.3) is 0 Å². The van der Waals surface area contributed by atoms with Gasteiger partial charge in [0.15, 0.2) is 0 Å². The third kappa shape index (κ3) is 7.78. The molecular weight excluding hydrogens is 266 g/mol. The molecule has 2 aliphatic heterocycles. The van der Waals surface area contributed by atoms with Crippen LogP contribution in [0.5, 0.6) is 0 Å². The topological polar surface area (TPSA) is 89.3 Å².